The number of carbonyl (C=O) groups is 1. The SMILES string of the molecule is Cc1cccc(N[C@H](C)C(=O)Nc2cccc(S(=O)(=O)N3CCOCC3)c2)c1. The Hall–Kier alpha value is -2.42. The summed E-state index contributed by atoms with van der Waals surface area (Å²) in [5.41, 5.74) is 2.39. The number of hydrogen-bond acceptors (Lipinski definition) is 5. The van der Waals surface area contributed by atoms with E-state index < -0.39 is 16.1 Å². The van der Waals surface area contributed by atoms with E-state index >= 15 is 0 Å². The largest absolute Gasteiger partial charge is 0.379 e. The number of nitrogens with one attached hydrogen (secondary N) is 2. The van der Waals surface area contributed by atoms with E-state index in [1.807, 2.05) is 31.2 Å². The summed E-state index contributed by atoms with van der Waals surface area (Å²) < 4.78 is 32.2. The van der Waals surface area contributed by atoms with Crippen molar-refractivity contribution in [3.05, 3.63) is 54.1 Å². The number of hydrogen-bond donors (Lipinski definition) is 2. The lowest BCUT2D eigenvalue weighted by atomic mass is 10.2. The molecule has 7 nitrogen and oxygen atoms in total. The van der Waals surface area contributed by atoms with Gasteiger partial charge in [-0.15, -0.1) is 0 Å². The summed E-state index contributed by atoms with van der Waals surface area (Å²) in [6, 6.07) is 13.6. The van der Waals surface area contributed by atoms with E-state index in [4.69, 9.17) is 4.74 Å². The summed E-state index contributed by atoms with van der Waals surface area (Å²) in [6.45, 7) is 5.17. The molecule has 8 heteroatoms. The molecule has 2 N–H and O–H groups in total. The zero-order valence-electron chi connectivity index (χ0n) is 16.0. The summed E-state index contributed by atoms with van der Waals surface area (Å²) in [4.78, 5) is 12.7. The first-order valence-corrected chi connectivity index (χ1v) is 10.6. The zero-order chi connectivity index (χ0) is 20.1. The normalized spacial score (nSPS) is 16.4. The van der Waals surface area contributed by atoms with Crippen molar-refractivity contribution in [1.82, 2.24) is 4.31 Å². The molecule has 0 bridgehead atoms. The molecule has 2 aromatic rings. The van der Waals surface area contributed by atoms with Gasteiger partial charge in [0.1, 0.15) is 6.04 Å². The first-order valence-electron chi connectivity index (χ1n) is 9.18. The fourth-order valence-electron chi connectivity index (χ4n) is 2.97. The summed E-state index contributed by atoms with van der Waals surface area (Å²) in [7, 11) is -3.61. The van der Waals surface area contributed by atoms with Crippen LogP contribution in [0.25, 0.3) is 0 Å². The molecule has 0 aromatic heterocycles. The number of morpholine rings is 1. The molecular formula is C20H25N3O4S. The Labute approximate surface area is 165 Å². The Balaban J connectivity index is 1.69. The Kier molecular flexibility index (Phi) is 6.33. The molecule has 0 radical (unpaired) electrons. The van der Waals surface area contributed by atoms with Gasteiger partial charge in [-0.05, 0) is 49.7 Å². The number of carbonyl (C=O) groups excluding carboxylic acids is 1. The van der Waals surface area contributed by atoms with Gasteiger partial charge in [0.05, 0.1) is 18.1 Å². The second kappa shape index (κ2) is 8.72. The Bertz CT molecular complexity index is 940. The van der Waals surface area contributed by atoms with Crippen LogP contribution in [0.15, 0.2) is 53.4 Å². The van der Waals surface area contributed by atoms with Crippen molar-refractivity contribution >= 4 is 27.3 Å². The van der Waals surface area contributed by atoms with E-state index in [1.165, 1.54) is 16.4 Å². The van der Waals surface area contributed by atoms with Gasteiger partial charge in [0.15, 0.2) is 0 Å². The standard InChI is InChI=1S/C20H25N3O4S/c1-15-5-3-6-17(13-15)21-16(2)20(24)22-18-7-4-8-19(14-18)28(25,26)23-9-11-27-12-10-23/h3-8,13-14,16,21H,9-12H2,1-2H3,(H,22,24)/t16-/m1/s1. The first kappa shape index (κ1) is 20.3. The van der Waals surface area contributed by atoms with Gasteiger partial charge >= 0.3 is 0 Å². The Morgan fingerprint density at radius 2 is 1.75 bits per heavy atom. The predicted octanol–water partition coefficient (Wildman–Crippen LogP) is 2.46. The maximum atomic E-state index is 12.8. The number of amides is 1. The highest BCUT2D eigenvalue weighted by molar-refractivity contribution is 7.89. The summed E-state index contributed by atoms with van der Waals surface area (Å²) in [5.74, 6) is -0.248. The zero-order valence-corrected chi connectivity index (χ0v) is 16.8. The molecule has 150 valence electrons. The molecule has 3 rings (SSSR count). The van der Waals surface area contributed by atoms with Crippen LogP contribution in [0.1, 0.15) is 12.5 Å². The lowest BCUT2D eigenvalue weighted by Gasteiger charge is -2.26. The molecule has 1 saturated heterocycles. The topological polar surface area (TPSA) is 87.7 Å². The fraction of sp³-hybridized carbons (Fsp3) is 0.350. The third-order valence-electron chi connectivity index (χ3n) is 4.50. The van der Waals surface area contributed by atoms with Crippen molar-refractivity contribution < 1.29 is 17.9 Å². The van der Waals surface area contributed by atoms with Crippen LogP contribution in [0.2, 0.25) is 0 Å². The number of rotatable bonds is 6. The van der Waals surface area contributed by atoms with Gasteiger partial charge in [0.25, 0.3) is 0 Å². The van der Waals surface area contributed by atoms with Gasteiger partial charge in [-0.2, -0.15) is 4.31 Å². The monoisotopic (exact) mass is 403 g/mol. The molecule has 1 amide bonds. The van der Waals surface area contributed by atoms with Crippen molar-refractivity contribution in [2.45, 2.75) is 24.8 Å². The molecule has 1 heterocycles. The van der Waals surface area contributed by atoms with Crippen LogP contribution in [0.3, 0.4) is 0 Å². The maximum absolute atomic E-state index is 12.8. The highest BCUT2D eigenvalue weighted by Gasteiger charge is 2.26. The van der Waals surface area contributed by atoms with Crippen molar-refractivity contribution in [2.24, 2.45) is 0 Å². The van der Waals surface area contributed by atoms with Crippen LogP contribution in [0.4, 0.5) is 11.4 Å². The molecule has 1 fully saturated rings. The van der Waals surface area contributed by atoms with Crippen molar-refractivity contribution in [1.29, 1.82) is 0 Å². The Morgan fingerprint density at radius 3 is 2.46 bits per heavy atom. The van der Waals surface area contributed by atoms with E-state index in [1.54, 1.807) is 19.1 Å². The summed E-state index contributed by atoms with van der Waals surface area (Å²) >= 11 is 0. The van der Waals surface area contributed by atoms with Crippen LogP contribution in [0, 0.1) is 6.92 Å². The number of aryl methyl sites for hydroxylation is 1. The number of nitrogens with zero attached hydrogens (tertiary/aromatic N) is 1. The van der Waals surface area contributed by atoms with E-state index in [0.29, 0.717) is 32.0 Å². The lowest BCUT2D eigenvalue weighted by molar-refractivity contribution is -0.116. The molecule has 1 atom stereocenters. The third-order valence-corrected chi connectivity index (χ3v) is 6.40. The van der Waals surface area contributed by atoms with Crippen molar-refractivity contribution in [2.75, 3.05) is 36.9 Å². The van der Waals surface area contributed by atoms with Crippen LogP contribution in [0.5, 0.6) is 0 Å². The van der Waals surface area contributed by atoms with E-state index in [0.717, 1.165) is 11.3 Å². The highest BCUT2D eigenvalue weighted by Crippen LogP contribution is 2.21. The second-order valence-corrected chi connectivity index (χ2v) is 8.71. The lowest BCUT2D eigenvalue weighted by Crippen LogP contribution is -2.40. The van der Waals surface area contributed by atoms with Crippen LogP contribution in [-0.4, -0.2) is 51.0 Å². The number of ether oxygens (including phenoxy) is 1. The van der Waals surface area contributed by atoms with E-state index in [2.05, 4.69) is 10.6 Å². The quantitative estimate of drug-likeness (QED) is 0.774. The van der Waals surface area contributed by atoms with Gasteiger partial charge in [-0.3, -0.25) is 4.79 Å². The van der Waals surface area contributed by atoms with Gasteiger partial charge in [-0.25, -0.2) is 8.42 Å². The van der Waals surface area contributed by atoms with Crippen LogP contribution in [-0.2, 0) is 19.6 Å². The number of benzene rings is 2. The second-order valence-electron chi connectivity index (χ2n) is 6.77. The average molecular weight is 404 g/mol. The smallest absolute Gasteiger partial charge is 0.246 e. The molecule has 1 aliphatic rings. The molecule has 0 spiro atoms. The maximum Gasteiger partial charge on any atom is 0.246 e. The van der Waals surface area contributed by atoms with Crippen LogP contribution >= 0.6 is 0 Å². The molecule has 0 saturated carbocycles. The average Bonchev–Trinajstić information content (AvgIpc) is 2.69. The van der Waals surface area contributed by atoms with Gasteiger partial charge < -0.3 is 15.4 Å². The van der Waals surface area contributed by atoms with Gasteiger partial charge in [-0.1, -0.05) is 18.2 Å². The molecule has 28 heavy (non-hydrogen) atoms. The van der Waals surface area contributed by atoms with Gasteiger partial charge in [0, 0.05) is 24.5 Å². The first-order chi connectivity index (χ1) is 13.4. The number of anilines is 2. The van der Waals surface area contributed by atoms with E-state index in [-0.39, 0.29) is 10.8 Å². The molecule has 1 aliphatic heterocycles. The van der Waals surface area contributed by atoms with Crippen molar-refractivity contribution in [3.8, 4) is 0 Å². The fourth-order valence-corrected chi connectivity index (χ4v) is 4.43. The molecular weight excluding hydrogens is 378 g/mol. The highest BCUT2D eigenvalue weighted by atomic mass is 32.2. The molecule has 0 aliphatic carbocycles. The minimum Gasteiger partial charge on any atom is -0.379 e. The Morgan fingerprint density at radius 1 is 1.07 bits per heavy atom. The summed E-state index contributed by atoms with van der Waals surface area (Å²) in [6.07, 6.45) is 0. The van der Waals surface area contributed by atoms with Crippen molar-refractivity contribution in [3.63, 3.8) is 0 Å². The van der Waals surface area contributed by atoms with Crippen LogP contribution < -0.4 is 10.6 Å². The number of sulfonamides is 1. The molecule has 2 aromatic carbocycles. The van der Waals surface area contributed by atoms with Gasteiger partial charge in [0.2, 0.25) is 15.9 Å². The minimum atomic E-state index is -3.61. The predicted molar refractivity (Wildman–Crippen MR) is 109 cm³/mol. The third kappa shape index (κ3) is 4.89. The summed E-state index contributed by atoms with van der Waals surface area (Å²) in [5, 5.41) is 5.93. The minimum absolute atomic E-state index is 0.159. The molecule has 0 unspecified atom stereocenters. The van der Waals surface area contributed by atoms with E-state index in [9.17, 15) is 13.2 Å².